The van der Waals surface area contributed by atoms with Gasteiger partial charge in [-0.05, 0) is 38.6 Å². The molecule has 0 spiro atoms. The smallest absolute Gasteiger partial charge is 0.189 e. The molecule has 122 valence electrons. The Morgan fingerprint density at radius 1 is 1.32 bits per heavy atom. The van der Waals surface area contributed by atoms with E-state index < -0.39 is 0 Å². The van der Waals surface area contributed by atoms with Gasteiger partial charge in [0.2, 0.25) is 0 Å². The monoisotopic (exact) mass is 306 g/mol. The number of hydrogen-bond acceptors (Lipinski definition) is 2. The molecule has 0 amide bonds. The quantitative estimate of drug-likeness (QED) is 0.649. The van der Waals surface area contributed by atoms with Crippen molar-refractivity contribution in [2.24, 2.45) is 10.7 Å². The third-order valence-corrected chi connectivity index (χ3v) is 3.99. The summed E-state index contributed by atoms with van der Waals surface area (Å²) in [6, 6.07) is 5.73. The van der Waals surface area contributed by atoms with Gasteiger partial charge in [0.25, 0.3) is 0 Å². The van der Waals surface area contributed by atoms with Crippen LogP contribution < -0.4 is 11.1 Å². The topological polar surface area (TPSA) is 53.6 Å². The number of aliphatic imine (C=N–C) groups is 1. The molecule has 1 aromatic rings. The second kappa shape index (κ2) is 8.13. The number of benzene rings is 1. The van der Waals surface area contributed by atoms with Gasteiger partial charge in [-0.3, -0.25) is 0 Å². The molecule has 1 aliphatic carbocycles. The number of guanidine groups is 1. The number of nitrogens with zero attached hydrogens (tertiary/aromatic N) is 2. The van der Waals surface area contributed by atoms with E-state index in [2.05, 4.69) is 10.3 Å². The van der Waals surface area contributed by atoms with E-state index in [9.17, 15) is 4.39 Å². The van der Waals surface area contributed by atoms with Crippen molar-refractivity contribution in [3.05, 3.63) is 35.1 Å². The summed E-state index contributed by atoms with van der Waals surface area (Å²) < 4.78 is 14.0. The Hall–Kier alpha value is -1.62. The highest BCUT2D eigenvalue weighted by Gasteiger charge is 2.13. The van der Waals surface area contributed by atoms with Gasteiger partial charge in [0, 0.05) is 18.2 Å². The zero-order valence-electron chi connectivity index (χ0n) is 13.6. The number of nitrogens with one attached hydrogen (secondary N) is 1. The van der Waals surface area contributed by atoms with Crippen LogP contribution in [0.3, 0.4) is 0 Å². The largest absolute Gasteiger partial charge is 0.370 e. The van der Waals surface area contributed by atoms with Gasteiger partial charge < -0.3 is 16.0 Å². The minimum Gasteiger partial charge on any atom is -0.370 e. The van der Waals surface area contributed by atoms with Gasteiger partial charge in [0.1, 0.15) is 5.82 Å². The highest BCUT2D eigenvalue weighted by molar-refractivity contribution is 5.78. The van der Waals surface area contributed by atoms with Crippen molar-refractivity contribution >= 4 is 5.96 Å². The predicted molar refractivity (Wildman–Crippen MR) is 89.1 cm³/mol. The third-order valence-electron chi connectivity index (χ3n) is 3.99. The van der Waals surface area contributed by atoms with E-state index in [1.807, 2.05) is 31.1 Å². The second-order valence-corrected chi connectivity index (χ2v) is 6.34. The lowest BCUT2D eigenvalue weighted by Crippen LogP contribution is -2.41. The van der Waals surface area contributed by atoms with Crippen molar-refractivity contribution < 1.29 is 4.39 Å². The highest BCUT2D eigenvalue weighted by Crippen LogP contribution is 2.17. The van der Waals surface area contributed by atoms with E-state index in [1.165, 1.54) is 19.3 Å². The van der Waals surface area contributed by atoms with Crippen molar-refractivity contribution in [3.8, 4) is 0 Å². The molecule has 22 heavy (non-hydrogen) atoms. The number of hydrogen-bond donors (Lipinski definition) is 2. The Morgan fingerprint density at radius 2 is 2.05 bits per heavy atom. The summed E-state index contributed by atoms with van der Waals surface area (Å²) in [6.07, 6.45) is 6.13. The molecular weight excluding hydrogens is 279 g/mol. The molecule has 0 radical (unpaired) electrons. The fourth-order valence-corrected chi connectivity index (χ4v) is 2.84. The van der Waals surface area contributed by atoms with Gasteiger partial charge in [0.15, 0.2) is 5.96 Å². The lowest BCUT2D eigenvalue weighted by Gasteiger charge is -2.23. The molecule has 2 rings (SSSR count). The van der Waals surface area contributed by atoms with Crippen LogP contribution in [0.15, 0.2) is 23.2 Å². The Labute approximate surface area is 132 Å². The maximum Gasteiger partial charge on any atom is 0.189 e. The molecule has 0 bridgehead atoms. The first-order valence-corrected chi connectivity index (χ1v) is 8.03. The molecule has 3 N–H and O–H groups in total. The fraction of sp³-hybridized carbons (Fsp3) is 0.588. The van der Waals surface area contributed by atoms with Gasteiger partial charge in [0.05, 0.1) is 6.54 Å². The van der Waals surface area contributed by atoms with Gasteiger partial charge in [-0.2, -0.15) is 0 Å². The molecule has 1 aromatic carbocycles. The van der Waals surface area contributed by atoms with Gasteiger partial charge in [-0.15, -0.1) is 0 Å². The minimum atomic E-state index is -0.180. The van der Waals surface area contributed by atoms with Crippen LogP contribution in [0.25, 0.3) is 0 Å². The number of nitrogens with two attached hydrogens (primary N) is 1. The SMILES string of the molecule is CN(C)Cc1ccc(CN=C(N)NC2CCCCC2)cc1F. The molecule has 0 saturated heterocycles. The van der Waals surface area contributed by atoms with Crippen molar-refractivity contribution in [1.82, 2.24) is 10.2 Å². The average molecular weight is 306 g/mol. The van der Waals surface area contributed by atoms with E-state index in [-0.39, 0.29) is 5.82 Å². The molecule has 0 aliphatic heterocycles. The summed E-state index contributed by atoms with van der Waals surface area (Å²) in [5.74, 6) is 0.282. The average Bonchev–Trinajstić information content (AvgIpc) is 2.48. The minimum absolute atomic E-state index is 0.180. The van der Waals surface area contributed by atoms with Crippen LogP contribution in [0.5, 0.6) is 0 Å². The summed E-state index contributed by atoms with van der Waals surface area (Å²) in [6.45, 7) is 1.01. The molecule has 0 heterocycles. The van der Waals surface area contributed by atoms with Crippen molar-refractivity contribution in [2.75, 3.05) is 14.1 Å². The third kappa shape index (κ3) is 5.30. The molecule has 0 aromatic heterocycles. The zero-order valence-corrected chi connectivity index (χ0v) is 13.6. The zero-order chi connectivity index (χ0) is 15.9. The van der Waals surface area contributed by atoms with E-state index in [1.54, 1.807) is 6.07 Å². The molecular formula is C17H27FN4. The normalized spacial score (nSPS) is 17.0. The number of halogens is 1. The summed E-state index contributed by atoms with van der Waals surface area (Å²) in [5.41, 5.74) is 7.47. The Bertz CT molecular complexity index is 507. The Kier molecular flexibility index (Phi) is 6.19. The highest BCUT2D eigenvalue weighted by atomic mass is 19.1. The summed E-state index contributed by atoms with van der Waals surface area (Å²) >= 11 is 0. The second-order valence-electron chi connectivity index (χ2n) is 6.34. The fourth-order valence-electron chi connectivity index (χ4n) is 2.84. The molecule has 0 atom stereocenters. The first-order chi connectivity index (χ1) is 10.5. The summed E-state index contributed by atoms with van der Waals surface area (Å²) in [4.78, 5) is 6.27. The van der Waals surface area contributed by atoms with Crippen molar-refractivity contribution in [1.29, 1.82) is 0 Å². The first kappa shape index (κ1) is 16.7. The lowest BCUT2D eigenvalue weighted by molar-refractivity contribution is 0.392. The van der Waals surface area contributed by atoms with Gasteiger partial charge in [-0.25, -0.2) is 9.38 Å². The van der Waals surface area contributed by atoms with Crippen LogP contribution in [-0.4, -0.2) is 31.0 Å². The van der Waals surface area contributed by atoms with Crippen LogP contribution in [-0.2, 0) is 13.1 Å². The van der Waals surface area contributed by atoms with Crippen LogP contribution in [0.1, 0.15) is 43.2 Å². The van der Waals surface area contributed by atoms with Gasteiger partial charge >= 0.3 is 0 Å². The molecule has 5 heteroatoms. The summed E-state index contributed by atoms with van der Waals surface area (Å²) in [7, 11) is 3.85. The van der Waals surface area contributed by atoms with Crippen LogP contribution in [0, 0.1) is 5.82 Å². The standard InChI is InChI=1S/C17H27FN4/c1-22(2)12-14-9-8-13(10-16(14)18)11-20-17(19)21-15-6-4-3-5-7-15/h8-10,15H,3-7,11-12H2,1-2H3,(H3,19,20,21). The predicted octanol–water partition coefficient (Wildman–Crippen LogP) is 2.62. The molecule has 0 unspecified atom stereocenters. The molecule has 1 aliphatic rings. The Morgan fingerprint density at radius 3 is 2.68 bits per heavy atom. The molecule has 1 fully saturated rings. The van der Waals surface area contributed by atoms with Crippen LogP contribution in [0.2, 0.25) is 0 Å². The Balaban J connectivity index is 1.89. The maximum atomic E-state index is 14.0. The number of rotatable bonds is 5. The van der Waals surface area contributed by atoms with Gasteiger partial charge in [-0.1, -0.05) is 31.4 Å². The van der Waals surface area contributed by atoms with Crippen LogP contribution in [0.4, 0.5) is 4.39 Å². The van der Waals surface area contributed by atoms with E-state index in [0.717, 1.165) is 18.4 Å². The van der Waals surface area contributed by atoms with Crippen LogP contribution >= 0.6 is 0 Å². The van der Waals surface area contributed by atoms with E-state index in [0.29, 0.717) is 30.7 Å². The van der Waals surface area contributed by atoms with Crippen molar-refractivity contribution in [2.45, 2.75) is 51.2 Å². The molecule has 1 saturated carbocycles. The molecule has 4 nitrogen and oxygen atoms in total. The maximum absolute atomic E-state index is 14.0. The van der Waals surface area contributed by atoms with E-state index >= 15 is 0 Å². The van der Waals surface area contributed by atoms with Crippen molar-refractivity contribution in [3.63, 3.8) is 0 Å². The summed E-state index contributed by atoms with van der Waals surface area (Å²) in [5, 5.41) is 3.27. The lowest BCUT2D eigenvalue weighted by atomic mass is 9.96. The first-order valence-electron chi connectivity index (χ1n) is 8.03. The van der Waals surface area contributed by atoms with E-state index in [4.69, 9.17) is 5.73 Å².